The number of carbonyl (C=O) groups is 1. The van der Waals surface area contributed by atoms with Crippen molar-refractivity contribution in [2.45, 2.75) is 6.61 Å². The summed E-state index contributed by atoms with van der Waals surface area (Å²) in [5, 5.41) is 12.6. The van der Waals surface area contributed by atoms with Gasteiger partial charge >= 0.3 is 0 Å². The summed E-state index contributed by atoms with van der Waals surface area (Å²) in [5.74, 6) is -0.865. The van der Waals surface area contributed by atoms with Crippen LogP contribution in [-0.2, 0) is 11.4 Å². The maximum atomic E-state index is 13.7. The van der Waals surface area contributed by atoms with Crippen molar-refractivity contribution < 1.29 is 13.9 Å². The Balaban J connectivity index is 1.72. The van der Waals surface area contributed by atoms with Crippen LogP contribution in [0.15, 0.2) is 72.3 Å². The highest BCUT2D eigenvalue weighted by Crippen LogP contribution is 2.27. The molecule has 3 aromatic carbocycles. The molecule has 0 bridgehead atoms. The highest BCUT2D eigenvalue weighted by atomic mass is 35.5. The maximum absolute atomic E-state index is 13.7. The Bertz CT molecular complexity index is 1160. The van der Waals surface area contributed by atoms with Crippen LogP contribution in [0.4, 0.5) is 10.1 Å². The fourth-order valence-electron chi connectivity index (χ4n) is 2.58. The molecule has 7 heteroatoms. The summed E-state index contributed by atoms with van der Waals surface area (Å²) in [7, 11) is 0. The molecule has 0 radical (unpaired) electrons. The highest BCUT2D eigenvalue weighted by molar-refractivity contribution is 6.32. The number of anilines is 1. The van der Waals surface area contributed by atoms with Gasteiger partial charge in [0.1, 0.15) is 29.8 Å². The normalized spacial score (nSPS) is 10.9. The quantitative estimate of drug-likeness (QED) is 0.363. The smallest absolute Gasteiger partial charge is 0.266 e. The first-order valence-corrected chi connectivity index (χ1v) is 9.56. The van der Waals surface area contributed by atoms with E-state index in [9.17, 15) is 14.4 Å². The van der Waals surface area contributed by atoms with Crippen LogP contribution < -0.4 is 10.1 Å². The number of para-hydroxylation sites is 1. The summed E-state index contributed by atoms with van der Waals surface area (Å²) < 4.78 is 19.4. The number of benzene rings is 3. The lowest BCUT2D eigenvalue weighted by atomic mass is 10.1. The lowest BCUT2D eigenvalue weighted by molar-refractivity contribution is -0.112. The zero-order chi connectivity index (χ0) is 21.5. The van der Waals surface area contributed by atoms with E-state index in [0.717, 1.165) is 5.56 Å². The van der Waals surface area contributed by atoms with Gasteiger partial charge in [-0.15, -0.1) is 0 Å². The number of rotatable bonds is 6. The van der Waals surface area contributed by atoms with E-state index in [4.69, 9.17) is 27.9 Å². The van der Waals surface area contributed by atoms with E-state index in [1.165, 1.54) is 24.3 Å². The summed E-state index contributed by atoms with van der Waals surface area (Å²) in [5.41, 5.74) is 1.21. The second kappa shape index (κ2) is 9.93. The van der Waals surface area contributed by atoms with Crippen LogP contribution in [0.1, 0.15) is 11.1 Å². The Kier molecular flexibility index (Phi) is 7.08. The van der Waals surface area contributed by atoms with Gasteiger partial charge in [-0.1, -0.05) is 53.5 Å². The fraction of sp³-hybridized carbons (Fsp3) is 0.0435. The lowest BCUT2D eigenvalue weighted by Crippen LogP contribution is -2.14. The molecular weight excluding hydrogens is 426 g/mol. The van der Waals surface area contributed by atoms with E-state index in [1.807, 2.05) is 18.2 Å². The molecule has 0 spiro atoms. The molecule has 4 nitrogen and oxygen atoms in total. The van der Waals surface area contributed by atoms with Gasteiger partial charge < -0.3 is 10.1 Å². The number of nitrogens with zero attached hydrogens (tertiary/aromatic N) is 1. The molecule has 150 valence electrons. The average molecular weight is 441 g/mol. The lowest BCUT2D eigenvalue weighted by Gasteiger charge is -2.09. The van der Waals surface area contributed by atoms with E-state index in [0.29, 0.717) is 21.4 Å². The van der Waals surface area contributed by atoms with Crippen LogP contribution in [0.5, 0.6) is 5.75 Å². The van der Waals surface area contributed by atoms with E-state index < -0.39 is 11.7 Å². The number of amides is 1. The molecule has 0 saturated carbocycles. The number of halogens is 3. The van der Waals surface area contributed by atoms with Crippen molar-refractivity contribution in [1.29, 1.82) is 5.26 Å². The molecule has 30 heavy (non-hydrogen) atoms. The largest absolute Gasteiger partial charge is 0.487 e. The van der Waals surface area contributed by atoms with Crippen molar-refractivity contribution in [2.75, 3.05) is 5.32 Å². The van der Waals surface area contributed by atoms with Gasteiger partial charge in [-0.3, -0.25) is 4.79 Å². The molecule has 0 saturated heterocycles. The Morgan fingerprint density at radius 1 is 1.10 bits per heavy atom. The van der Waals surface area contributed by atoms with Crippen LogP contribution in [0, 0.1) is 17.1 Å². The van der Waals surface area contributed by atoms with Gasteiger partial charge in [0.25, 0.3) is 5.91 Å². The minimum atomic E-state index is -0.722. The number of hydrogen-bond acceptors (Lipinski definition) is 3. The van der Waals surface area contributed by atoms with Crippen LogP contribution in [0.2, 0.25) is 10.0 Å². The van der Waals surface area contributed by atoms with Crippen molar-refractivity contribution in [2.24, 2.45) is 0 Å². The monoisotopic (exact) mass is 440 g/mol. The van der Waals surface area contributed by atoms with Crippen LogP contribution in [0.25, 0.3) is 6.08 Å². The van der Waals surface area contributed by atoms with Crippen molar-refractivity contribution >= 4 is 40.9 Å². The summed E-state index contributed by atoms with van der Waals surface area (Å²) in [6, 6.07) is 19.7. The van der Waals surface area contributed by atoms with Gasteiger partial charge in [0.15, 0.2) is 0 Å². The minimum Gasteiger partial charge on any atom is -0.487 e. The Hall–Kier alpha value is -3.33. The van der Waals surface area contributed by atoms with E-state index in [-0.39, 0.29) is 17.9 Å². The van der Waals surface area contributed by atoms with Gasteiger partial charge in [-0.05, 0) is 53.6 Å². The first-order valence-electron chi connectivity index (χ1n) is 8.81. The zero-order valence-corrected chi connectivity index (χ0v) is 17.0. The Morgan fingerprint density at radius 3 is 2.60 bits per heavy atom. The molecule has 0 fully saturated rings. The number of nitriles is 1. The van der Waals surface area contributed by atoms with E-state index in [2.05, 4.69) is 5.32 Å². The maximum Gasteiger partial charge on any atom is 0.266 e. The zero-order valence-electron chi connectivity index (χ0n) is 15.5. The van der Waals surface area contributed by atoms with Crippen LogP contribution in [0.3, 0.4) is 0 Å². The Morgan fingerprint density at radius 2 is 1.90 bits per heavy atom. The van der Waals surface area contributed by atoms with Gasteiger partial charge in [-0.25, -0.2) is 4.39 Å². The van der Waals surface area contributed by atoms with Gasteiger partial charge in [0, 0.05) is 5.02 Å². The summed E-state index contributed by atoms with van der Waals surface area (Å²) >= 11 is 12.2. The summed E-state index contributed by atoms with van der Waals surface area (Å²) in [6.07, 6.45) is 1.36. The van der Waals surface area contributed by atoms with Crippen molar-refractivity contribution in [3.63, 3.8) is 0 Å². The second-order valence-electron chi connectivity index (χ2n) is 6.21. The molecule has 0 atom stereocenters. The van der Waals surface area contributed by atoms with Gasteiger partial charge in [0.05, 0.1) is 10.7 Å². The van der Waals surface area contributed by atoms with E-state index >= 15 is 0 Å². The molecule has 0 aromatic heterocycles. The molecule has 1 amide bonds. The van der Waals surface area contributed by atoms with E-state index in [1.54, 1.807) is 36.4 Å². The van der Waals surface area contributed by atoms with Gasteiger partial charge in [0.2, 0.25) is 0 Å². The van der Waals surface area contributed by atoms with Crippen molar-refractivity contribution in [3.8, 4) is 11.8 Å². The summed E-state index contributed by atoms with van der Waals surface area (Å²) in [6.45, 7) is 0.282. The summed E-state index contributed by atoms with van der Waals surface area (Å²) in [4.78, 5) is 12.3. The van der Waals surface area contributed by atoms with Gasteiger partial charge in [-0.2, -0.15) is 5.26 Å². The van der Waals surface area contributed by atoms with Crippen LogP contribution in [-0.4, -0.2) is 5.91 Å². The molecular formula is C23H15Cl2FN2O2. The molecule has 0 aliphatic heterocycles. The topological polar surface area (TPSA) is 62.1 Å². The molecule has 0 heterocycles. The first-order chi connectivity index (χ1) is 14.5. The highest BCUT2D eigenvalue weighted by Gasteiger charge is 2.12. The first kappa shape index (κ1) is 21.4. The molecule has 0 unspecified atom stereocenters. The third-order valence-electron chi connectivity index (χ3n) is 4.04. The molecule has 3 aromatic rings. The number of ether oxygens (including phenoxy) is 1. The number of carbonyl (C=O) groups excluding carboxylic acids is 1. The predicted octanol–water partition coefficient (Wildman–Crippen LogP) is 6.26. The van der Waals surface area contributed by atoms with Crippen LogP contribution >= 0.6 is 23.2 Å². The van der Waals surface area contributed by atoms with Crippen molar-refractivity contribution in [3.05, 3.63) is 99.3 Å². The molecule has 0 aliphatic carbocycles. The second-order valence-corrected chi connectivity index (χ2v) is 7.06. The third kappa shape index (κ3) is 5.60. The molecule has 3 rings (SSSR count). The average Bonchev–Trinajstić information content (AvgIpc) is 2.73. The standard InChI is InChI=1S/C23H15Cl2FN2O2/c24-18-5-3-4-16(11-18)14-30-22-9-8-15(12-19(22)25)10-17(13-27)23(29)28-21-7-2-1-6-20(21)26/h1-12H,14H2,(H,28,29)/b17-10+. The molecule has 1 N–H and O–H groups in total. The number of nitrogens with one attached hydrogen (secondary N) is 1. The molecule has 0 aliphatic rings. The fourth-order valence-corrected chi connectivity index (χ4v) is 3.04. The minimum absolute atomic E-state index is 0.00792. The Labute approximate surface area is 183 Å². The number of hydrogen-bond donors (Lipinski definition) is 1. The third-order valence-corrected chi connectivity index (χ3v) is 4.57. The SMILES string of the molecule is N#C/C(=C\c1ccc(OCc2cccc(Cl)c2)c(Cl)c1)C(=O)Nc1ccccc1F. The predicted molar refractivity (Wildman–Crippen MR) is 116 cm³/mol. The van der Waals surface area contributed by atoms with Crippen molar-refractivity contribution in [1.82, 2.24) is 0 Å².